The summed E-state index contributed by atoms with van der Waals surface area (Å²) in [5, 5.41) is 11.0. The van der Waals surface area contributed by atoms with Crippen LogP contribution < -0.4 is 15.8 Å². The van der Waals surface area contributed by atoms with Crippen LogP contribution in [0.15, 0.2) is 4.99 Å². The van der Waals surface area contributed by atoms with Crippen LogP contribution in [0.3, 0.4) is 0 Å². The lowest BCUT2D eigenvalue weighted by atomic mass is 9.85. The molecule has 0 aromatic heterocycles. The largest absolute Gasteiger partial charge is 0.357 e. The van der Waals surface area contributed by atoms with Gasteiger partial charge in [-0.05, 0) is 19.8 Å². The lowest BCUT2D eigenvalue weighted by molar-refractivity contribution is -0.138. The zero-order valence-corrected chi connectivity index (χ0v) is 17.8. The molecule has 0 radical (unpaired) electrons. The maximum Gasteiger partial charge on any atom is 0.230 e. The van der Waals surface area contributed by atoms with Crippen molar-refractivity contribution in [2.75, 3.05) is 39.5 Å². The highest BCUT2D eigenvalue weighted by molar-refractivity contribution is 14.0. The number of carbonyl (C=O) groups is 1. The van der Waals surface area contributed by atoms with Gasteiger partial charge in [0.15, 0.2) is 5.96 Å². The molecule has 142 valence electrons. The second kappa shape index (κ2) is 10.4. The van der Waals surface area contributed by atoms with Gasteiger partial charge >= 0.3 is 0 Å². The molecule has 0 unspecified atom stereocenters. The molecule has 0 aromatic carbocycles. The van der Waals surface area contributed by atoms with E-state index in [1.807, 2.05) is 6.92 Å². The van der Waals surface area contributed by atoms with Crippen LogP contribution in [0, 0.1) is 5.41 Å². The number of rotatable bonds is 7. The Labute approximate surface area is 162 Å². The topological polar surface area (TPSA) is 117 Å². The number of nitrogens with one attached hydrogen (secondary N) is 2. The van der Waals surface area contributed by atoms with Crippen LogP contribution in [0.2, 0.25) is 0 Å². The lowest BCUT2D eigenvalue weighted by Gasteiger charge is -2.29. The van der Waals surface area contributed by atoms with Crippen molar-refractivity contribution in [2.24, 2.45) is 15.5 Å². The molecule has 4 N–H and O–H groups in total. The zero-order chi connectivity index (χ0) is 17.5. The van der Waals surface area contributed by atoms with Gasteiger partial charge in [-0.2, -0.15) is 0 Å². The Balaban J connectivity index is 0.00000529. The van der Waals surface area contributed by atoms with Crippen molar-refractivity contribution >= 4 is 45.9 Å². The highest BCUT2D eigenvalue weighted by Gasteiger charge is 2.41. The van der Waals surface area contributed by atoms with Crippen LogP contribution in [-0.4, -0.2) is 64.7 Å². The van der Waals surface area contributed by atoms with Crippen LogP contribution in [0.5, 0.6) is 0 Å². The first kappa shape index (κ1) is 23.4. The zero-order valence-electron chi connectivity index (χ0n) is 14.7. The number of nitrogens with two attached hydrogens (primary N) is 1. The van der Waals surface area contributed by atoms with Crippen LogP contribution in [-0.2, 0) is 14.8 Å². The van der Waals surface area contributed by atoms with Crippen molar-refractivity contribution in [1.82, 2.24) is 15.5 Å². The van der Waals surface area contributed by atoms with E-state index >= 15 is 0 Å². The van der Waals surface area contributed by atoms with Gasteiger partial charge in [0.2, 0.25) is 15.9 Å². The fraction of sp³-hybridized carbons (Fsp3) is 0.857. The predicted molar refractivity (Wildman–Crippen MR) is 107 cm³/mol. The number of guanidine groups is 1. The van der Waals surface area contributed by atoms with E-state index in [-0.39, 0.29) is 42.2 Å². The first-order valence-electron chi connectivity index (χ1n) is 7.94. The number of primary sulfonamides is 1. The summed E-state index contributed by atoms with van der Waals surface area (Å²) < 4.78 is 22.0. The van der Waals surface area contributed by atoms with Gasteiger partial charge in [-0.25, -0.2) is 13.6 Å². The molecule has 24 heavy (non-hydrogen) atoms. The molecule has 0 aromatic rings. The molecular weight excluding hydrogens is 445 g/mol. The summed E-state index contributed by atoms with van der Waals surface area (Å²) >= 11 is 0. The van der Waals surface area contributed by atoms with Crippen molar-refractivity contribution < 1.29 is 13.2 Å². The lowest BCUT2D eigenvalue weighted by Crippen LogP contribution is -2.44. The Hall–Kier alpha value is -0.620. The van der Waals surface area contributed by atoms with E-state index in [9.17, 15) is 13.2 Å². The molecule has 1 saturated carbocycles. The van der Waals surface area contributed by atoms with E-state index < -0.39 is 15.4 Å². The minimum Gasteiger partial charge on any atom is -0.357 e. The van der Waals surface area contributed by atoms with Gasteiger partial charge < -0.3 is 15.5 Å². The van der Waals surface area contributed by atoms with Gasteiger partial charge in [-0.15, -0.1) is 24.0 Å². The van der Waals surface area contributed by atoms with E-state index in [1.165, 1.54) is 0 Å². The fourth-order valence-corrected chi connectivity index (χ4v) is 3.24. The third-order valence-electron chi connectivity index (χ3n) is 3.98. The summed E-state index contributed by atoms with van der Waals surface area (Å²) in [4.78, 5) is 18.6. The summed E-state index contributed by atoms with van der Waals surface area (Å²) in [5.41, 5.74) is -0.439. The number of sulfonamides is 1. The Kier molecular flexibility index (Phi) is 10.1. The third-order valence-corrected chi connectivity index (χ3v) is 4.76. The molecule has 0 bridgehead atoms. The number of hydrogen-bond donors (Lipinski definition) is 3. The highest BCUT2D eigenvalue weighted by atomic mass is 127. The average Bonchev–Trinajstić information content (AvgIpc) is 2.92. The Morgan fingerprint density at radius 1 is 1.25 bits per heavy atom. The first-order chi connectivity index (χ1) is 10.7. The monoisotopic (exact) mass is 475 g/mol. The molecule has 0 saturated heterocycles. The van der Waals surface area contributed by atoms with Crippen molar-refractivity contribution in [2.45, 2.75) is 32.6 Å². The summed E-state index contributed by atoms with van der Waals surface area (Å²) in [7, 11) is 0.0230. The van der Waals surface area contributed by atoms with Gasteiger partial charge in [-0.3, -0.25) is 9.79 Å². The van der Waals surface area contributed by atoms with Gasteiger partial charge in [0.25, 0.3) is 0 Å². The SMILES string of the molecule is CCNC(=NCC1(C(=O)N(C)C)CCCC1)NCCS(N)(=O)=O.I. The molecule has 1 rings (SSSR count). The number of halogens is 1. The first-order valence-corrected chi connectivity index (χ1v) is 9.66. The average molecular weight is 475 g/mol. The maximum absolute atomic E-state index is 12.5. The van der Waals surface area contributed by atoms with E-state index in [1.54, 1.807) is 19.0 Å². The number of amides is 1. The Bertz CT molecular complexity index is 531. The molecule has 1 aliphatic rings. The molecule has 0 spiro atoms. The van der Waals surface area contributed by atoms with Gasteiger partial charge in [0.1, 0.15) is 0 Å². The molecular formula is C14H30IN5O3S. The van der Waals surface area contributed by atoms with E-state index in [2.05, 4.69) is 15.6 Å². The molecule has 0 atom stereocenters. The smallest absolute Gasteiger partial charge is 0.230 e. The standard InChI is InChI=1S/C14H29N5O3S.HI/c1-4-16-13(17-9-10-23(15,21)22)18-11-14(7-5-6-8-14)12(20)19(2)3;/h4-11H2,1-3H3,(H2,15,21,22)(H2,16,17,18);1H. The summed E-state index contributed by atoms with van der Waals surface area (Å²) in [5.74, 6) is 0.451. The molecule has 0 aliphatic heterocycles. The Morgan fingerprint density at radius 2 is 1.83 bits per heavy atom. The normalized spacial score (nSPS) is 17.1. The fourth-order valence-electron chi connectivity index (χ4n) is 2.85. The summed E-state index contributed by atoms with van der Waals surface area (Å²) in [6.45, 7) is 3.15. The van der Waals surface area contributed by atoms with Crippen molar-refractivity contribution in [1.29, 1.82) is 0 Å². The maximum atomic E-state index is 12.5. The quantitative estimate of drug-likeness (QED) is 0.274. The van der Waals surface area contributed by atoms with Crippen molar-refractivity contribution in [3.05, 3.63) is 0 Å². The minimum absolute atomic E-state index is 0. The van der Waals surface area contributed by atoms with Crippen molar-refractivity contribution in [3.63, 3.8) is 0 Å². The van der Waals surface area contributed by atoms with Gasteiger partial charge in [-0.1, -0.05) is 12.8 Å². The van der Waals surface area contributed by atoms with Crippen LogP contribution in [0.25, 0.3) is 0 Å². The molecule has 1 aliphatic carbocycles. The minimum atomic E-state index is -3.51. The summed E-state index contributed by atoms with van der Waals surface area (Å²) in [6.07, 6.45) is 3.74. The van der Waals surface area contributed by atoms with Crippen molar-refractivity contribution in [3.8, 4) is 0 Å². The number of carbonyl (C=O) groups excluding carboxylic acids is 1. The van der Waals surface area contributed by atoms with E-state index in [0.29, 0.717) is 19.0 Å². The number of aliphatic imine (C=N–C) groups is 1. The van der Waals surface area contributed by atoms with E-state index in [0.717, 1.165) is 25.7 Å². The van der Waals surface area contributed by atoms with Crippen LogP contribution in [0.4, 0.5) is 0 Å². The molecule has 8 nitrogen and oxygen atoms in total. The second-order valence-corrected chi connectivity index (χ2v) is 7.91. The molecule has 0 heterocycles. The molecule has 1 fully saturated rings. The third kappa shape index (κ3) is 7.51. The predicted octanol–water partition coefficient (Wildman–Crippen LogP) is 0.0966. The summed E-state index contributed by atoms with van der Waals surface area (Å²) in [6, 6.07) is 0. The molecule has 1 amide bonds. The van der Waals surface area contributed by atoms with E-state index in [4.69, 9.17) is 5.14 Å². The number of hydrogen-bond acceptors (Lipinski definition) is 4. The molecule has 10 heteroatoms. The van der Waals surface area contributed by atoms with Gasteiger partial charge in [0, 0.05) is 27.2 Å². The number of nitrogens with zero attached hydrogens (tertiary/aromatic N) is 2. The highest BCUT2D eigenvalue weighted by Crippen LogP contribution is 2.39. The van der Waals surface area contributed by atoms with Gasteiger partial charge in [0.05, 0.1) is 17.7 Å². The van der Waals surface area contributed by atoms with Crippen LogP contribution in [0.1, 0.15) is 32.6 Å². The van der Waals surface area contributed by atoms with Crippen LogP contribution >= 0.6 is 24.0 Å². The second-order valence-electron chi connectivity index (χ2n) is 6.18. The Morgan fingerprint density at radius 3 is 2.29 bits per heavy atom.